The van der Waals surface area contributed by atoms with E-state index < -0.39 is 0 Å². The minimum absolute atomic E-state index is 0.160. The first-order valence-electron chi connectivity index (χ1n) is 4.69. The minimum atomic E-state index is 0.160. The lowest BCUT2D eigenvalue weighted by Crippen LogP contribution is -1.92. The summed E-state index contributed by atoms with van der Waals surface area (Å²) in [4.78, 5) is 4.19. The highest BCUT2D eigenvalue weighted by Gasteiger charge is 2.08. The number of phenols is 1. The van der Waals surface area contributed by atoms with E-state index in [0.717, 1.165) is 5.56 Å². The molecule has 0 spiro atoms. The van der Waals surface area contributed by atoms with Crippen LogP contribution in [0.1, 0.15) is 5.56 Å². The van der Waals surface area contributed by atoms with Gasteiger partial charge in [0.1, 0.15) is 5.75 Å². The molecule has 0 unspecified atom stereocenters. The lowest BCUT2D eigenvalue weighted by Gasteiger charge is -2.07. The van der Waals surface area contributed by atoms with E-state index in [1.807, 2.05) is 19.1 Å². The van der Waals surface area contributed by atoms with E-state index in [2.05, 4.69) is 4.98 Å². The lowest BCUT2D eigenvalue weighted by molar-refractivity contribution is 0.477. The molecule has 3 nitrogen and oxygen atoms in total. The van der Waals surface area contributed by atoms with Gasteiger partial charge in [-0.2, -0.15) is 0 Å². The van der Waals surface area contributed by atoms with Crippen LogP contribution in [0, 0.1) is 6.92 Å². The standard InChI is InChI=1S/C12H12N2O/c1-8-5-6-14-10(7-8)12-9(13)3-2-4-11(12)15/h2-7,15H,13H2,1H3. The van der Waals surface area contributed by atoms with Crippen LogP contribution in [0.2, 0.25) is 0 Å². The number of hydrogen-bond acceptors (Lipinski definition) is 3. The van der Waals surface area contributed by atoms with E-state index in [9.17, 15) is 5.11 Å². The van der Waals surface area contributed by atoms with Gasteiger partial charge in [-0.15, -0.1) is 0 Å². The Hall–Kier alpha value is -2.03. The molecule has 0 radical (unpaired) electrons. The number of nitrogen functional groups attached to an aromatic ring is 1. The molecule has 0 aliphatic rings. The summed E-state index contributed by atoms with van der Waals surface area (Å²) in [6, 6.07) is 8.86. The molecular formula is C12H12N2O. The molecule has 3 heteroatoms. The van der Waals surface area contributed by atoms with Crippen molar-refractivity contribution in [2.24, 2.45) is 0 Å². The van der Waals surface area contributed by atoms with Crippen LogP contribution in [0.3, 0.4) is 0 Å². The summed E-state index contributed by atoms with van der Waals surface area (Å²) in [5.41, 5.74) is 8.72. The number of rotatable bonds is 1. The molecule has 0 fully saturated rings. The van der Waals surface area contributed by atoms with Crippen molar-refractivity contribution >= 4 is 5.69 Å². The quantitative estimate of drug-likeness (QED) is 0.694. The minimum Gasteiger partial charge on any atom is -0.507 e. The Morgan fingerprint density at radius 1 is 1.27 bits per heavy atom. The molecule has 0 atom stereocenters. The summed E-state index contributed by atoms with van der Waals surface area (Å²) >= 11 is 0. The van der Waals surface area contributed by atoms with Crippen LogP contribution in [0.15, 0.2) is 36.5 Å². The lowest BCUT2D eigenvalue weighted by atomic mass is 10.1. The van der Waals surface area contributed by atoms with Gasteiger partial charge in [-0.05, 0) is 36.8 Å². The molecule has 0 aliphatic carbocycles. The first-order chi connectivity index (χ1) is 7.18. The predicted molar refractivity (Wildman–Crippen MR) is 60.5 cm³/mol. The molecule has 0 bridgehead atoms. The Morgan fingerprint density at radius 3 is 2.73 bits per heavy atom. The van der Waals surface area contributed by atoms with E-state index in [1.165, 1.54) is 0 Å². The van der Waals surface area contributed by atoms with Crippen LogP contribution in [0.4, 0.5) is 5.69 Å². The van der Waals surface area contributed by atoms with Crippen molar-refractivity contribution in [3.63, 3.8) is 0 Å². The van der Waals surface area contributed by atoms with Gasteiger partial charge in [0.15, 0.2) is 0 Å². The largest absolute Gasteiger partial charge is 0.507 e. The van der Waals surface area contributed by atoms with Crippen molar-refractivity contribution in [1.29, 1.82) is 0 Å². The van der Waals surface area contributed by atoms with E-state index >= 15 is 0 Å². The van der Waals surface area contributed by atoms with Crippen molar-refractivity contribution in [3.05, 3.63) is 42.1 Å². The number of aromatic hydroxyl groups is 1. The number of nitrogens with two attached hydrogens (primary N) is 1. The molecule has 0 saturated heterocycles. The Kier molecular flexibility index (Phi) is 2.29. The maximum absolute atomic E-state index is 9.72. The number of aromatic nitrogens is 1. The third-order valence-corrected chi connectivity index (χ3v) is 2.25. The summed E-state index contributed by atoms with van der Waals surface area (Å²) in [5.74, 6) is 0.160. The normalized spacial score (nSPS) is 10.2. The van der Waals surface area contributed by atoms with E-state index in [4.69, 9.17) is 5.73 Å². The van der Waals surface area contributed by atoms with Gasteiger partial charge in [0.2, 0.25) is 0 Å². The van der Waals surface area contributed by atoms with Crippen LogP contribution in [-0.2, 0) is 0 Å². The second-order valence-corrected chi connectivity index (χ2v) is 3.46. The van der Waals surface area contributed by atoms with Gasteiger partial charge in [-0.3, -0.25) is 4.98 Å². The van der Waals surface area contributed by atoms with Gasteiger partial charge in [-0.1, -0.05) is 6.07 Å². The van der Waals surface area contributed by atoms with Gasteiger partial charge in [0.25, 0.3) is 0 Å². The van der Waals surface area contributed by atoms with Crippen molar-refractivity contribution in [1.82, 2.24) is 4.98 Å². The molecule has 1 heterocycles. The number of phenolic OH excluding ortho intramolecular Hbond substituents is 1. The molecule has 0 saturated carbocycles. The zero-order chi connectivity index (χ0) is 10.8. The Labute approximate surface area is 88.2 Å². The number of hydrogen-bond donors (Lipinski definition) is 2. The van der Waals surface area contributed by atoms with Crippen molar-refractivity contribution in [3.8, 4) is 17.0 Å². The summed E-state index contributed by atoms with van der Waals surface area (Å²) < 4.78 is 0. The zero-order valence-electron chi connectivity index (χ0n) is 8.44. The Morgan fingerprint density at radius 2 is 2.07 bits per heavy atom. The van der Waals surface area contributed by atoms with Gasteiger partial charge < -0.3 is 10.8 Å². The molecule has 3 N–H and O–H groups in total. The van der Waals surface area contributed by atoms with Crippen molar-refractivity contribution in [2.45, 2.75) is 6.92 Å². The van der Waals surface area contributed by atoms with Crippen LogP contribution >= 0.6 is 0 Å². The molecule has 1 aromatic carbocycles. The molecular weight excluding hydrogens is 188 g/mol. The third-order valence-electron chi connectivity index (χ3n) is 2.25. The van der Waals surface area contributed by atoms with Crippen LogP contribution in [0.25, 0.3) is 11.3 Å². The van der Waals surface area contributed by atoms with Gasteiger partial charge in [0, 0.05) is 11.9 Å². The average molecular weight is 200 g/mol. The van der Waals surface area contributed by atoms with Crippen molar-refractivity contribution in [2.75, 3.05) is 5.73 Å². The second kappa shape index (κ2) is 3.61. The molecule has 76 valence electrons. The summed E-state index contributed by atoms with van der Waals surface area (Å²) in [5, 5.41) is 9.72. The maximum atomic E-state index is 9.72. The topological polar surface area (TPSA) is 59.1 Å². The second-order valence-electron chi connectivity index (χ2n) is 3.46. The highest BCUT2D eigenvalue weighted by Crippen LogP contribution is 2.32. The average Bonchev–Trinajstić information content (AvgIpc) is 2.17. The fourth-order valence-electron chi connectivity index (χ4n) is 1.51. The molecule has 1 aromatic heterocycles. The fourth-order valence-corrected chi connectivity index (χ4v) is 1.51. The van der Waals surface area contributed by atoms with Crippen molar-refractivity contribution < 1.29 is 5.11 Å². The van der Waals surface area contributed by atoms with Crippen LogP contribution in [0.5, 0.6) is 5.75 Å². The molecule has 15 heavy (non-hydrogen) atoms. The predicted octanol–water partition coefficient (Wildman–Crippen LogP) is 2.34. The van der Waals surface area contributed by atoms with Gasteiger partial charge in [-0.25, -0.2) is 0 Å². The van der Waals surface area contributed by atoms with E-state index in [-0.39, 0.29) is 5.75 Å². The highest BCUT2D eigenvalue weighted by atomic mass is 16.3. The van der Waals surface area contributed by atoms with E-state index in [1.54, 1.807) is 24.4 Å². The summed E-state index contributed by atoms with van der Waals surface area (Å²) in [6.45, 7) is 1.97. The van der Waals surface area contributed by atoms with Crippen LogP contribution in [-0.4, -0.2) is 10.1 Å². The summed E-state index contributed by atoms with van der Waals surface area (Å²) in [6.07, 6.45) is 1.70. The number of anilines is 1. The monoisotopic (exact) mass is 200 g/mol. The van der Waals surface area contributed by atoms with Gasteiger partial charge in [0.05, 0.1) is 11.3 Å². The zero-order valence-corrected chi connectivity index (χ0v) is 8.44. The fraction of sp³-hybridized carbons (Fsp3) is 0.0833. The Balaban J connectivity index is 2.63. The van der Waals surface area contributed by atoms with Crippen LogP contribution < -0.4 is 5.73 Å². The van der Waals surface area contributed by atoms with Gasteiger partial charge >= 0.3 is 0 Å². The SMILES string of the molecule is Cc1ccnc(-c2c(N)cccc2O)c1. The highest BCUT2D eigenvalue weighted by molar-refractivity contribution is 5.79. The molecule has 2 aromatic rings. The Bertz CT molecular complexity index is 474. The number of aryl methyl sites for hydroxylation is 1. The first kappa shape index (κ1) is 9.52. The third kappa shape index (κ3) is 1.76. The number of nitrogens with zero attached hydrogens (tertiary/aromatic N) is 1. The summed E-state index contributed by atoms with van der Waals surface area (Å²) in [7, 11) is 0. The number of benzene rings is 1. The molecule has 0 amide bonds. The van der Waals surface area contributed by atoms with E-state index in [0.29, 0.717) is 16.9 Å². The number of pyridine rings is 1. The smallest absolute Gasteiger partial charge is 0.127 e. The maximum Gasteiger partial charge on any atom is 0.127 e. The molecule has 2 rings (SSSR count). The molecule has 0 aliphatic heterocycles. The first-order valence-corrected chi connectivity index (χ1v) is 4.69.